The molecule has 2 saturated carbocycles. The van der Waals surface area contributed by atoms with Crippen molar-refractivity contribution in [1.82, 2.24) is 4.98 Å². The number of ether oxygens (including phenoxy) is 4. The van der Waals surface area contributed by atoms with Gasteiger partial charge in [0, 0.05) is 23.5 Å². The highest BCUT2D eigenvalue weighted by molar-refractivity contribution is 6.42. The molecule has 14 heteroatoms. The molecule has 0 N–H and O–H groups in total. The van der Waals surface area contributed by atoms with Crippen LogP contribution in [0.5, 0.6) is 23.0 Å². The summed E-state index contributed by atoms with van der Waals surface area (Å²) in [5.74, 6) is -2.24. The third-order valence-corrected chi connectivity index (χ3v) is 7.17. The molecule has 43 heavy (non-hydrogen) atoms. The number of carbonyl (C=O) groups excluding carboxylic acids is 2. The molecule has 2 aromatic carbocycles. The summed E-state index contributed by atoms with van der Waals surface area (Å²) in [7, 11) is 0. The summed E-state index contributed by atoms with van der Waals surface area (Å²) in [5, 5.41) is -0.306. The Hall–Kier alpha value is -3.77. The topological polar surface area (TPSA) is 87.2 Å². The number of benzene rings is 2. The van der Waals surface area contributed by atoms with Crippen LogP contribution >= 0.6 is 23.2 Å². The van der Waals surface area contributed by atoms with Crippen LogP contribution in [-0.4, -0.2) is 43.2 Å². The summed E-state index contributed by atoms with van der Waals surface area (Å²) in [4.78, 5) is 32.5. The first-order valence-electron chi connectivity index (χ1n) is 13.2. The maximum Gasteiger partial charge on any atom is 0.387 e. The second kappa shape index (κ2) is 13.3. The Kier molecular flexibility index (Phi) is 9.46. The number of halogens is 6. The van der Waals surface area contributed by atoms with Gasteiger partial charge >= 0.3 is 13.2 Å². The second-order valence-electron chi connectivity index (χ2n) is 9.99. The monoisotopic (exact) mass is 642 g/mol. The number of aromatic nitrogens is 1. The van der Waals surface area contributed by atoms with Gasteiger partial charge in [0.2, 0.25) is 0 Å². The number of hydrogen-bond acceptors (Lipinski definition) is 7. The number of alkyl halides is 4. The van der Waals surface area contributed by atoms with Crippen LogP contribution in [0.3, 0.4) is 0 Å². The van der Waals surface area contributed by atoms with E-state index in [2.05, 4.69) is 14.5 Å². The Morgan fingerprint density at radius 2 is 1.16 bits per heavy atom. The fourth-order valence-corrected chi connectivity index (χ4v) is 4.58. The Morgan fingerprint density at radius 1 is 0.744 bits per heavy atom. The fourth-order valence-electron chi connectivity index (χ4n) is 4.05. The van der Waals surface area contributed by atoms with Gasteiger partial charge in [-0.2, -0.15) is 17.6 Å². The maximum absolute atomic E-state index is 14.0. The molecule has 0 atom stereocenters. The van der Waals surface area contributed by atoms with Crippen LogP contribution in [0.2, 0.25) is 10.0 Å². The summed E-state index contributed by atoms with van der Waals surface area (Å²) in [6, 6.07) is 6.96. The minimum absolute atomic E-state index is 0.123. The lowest BCUT2D eigenvalue weighted by molar-refractivity contribution is -0.0521. The first kappa shape index (κ1) is 30.7. The van der Waals surface area contributed by atoms with Gasteiger partial charge in [-0.25, -0.2) is 4.90 Å². The van der Waals surface area contributed by atoms with Gasteiger partial charge in [-0.1, -0.05) is 23.2 Å². The Bertz CT molecular complexity index is 1400. The zero-order valence-corrected chi connectivity index (χ0v) is 23.8. The second-order valence-corrected chi connectivity index (χ2v) is 10.8. The summed E-state index contributed by atoms with van der Waals surface area (Å²) < 4.78 is 72.6. The lowest BCUT2D eigenvalue weighted by atomic mass is 10.1. The van der Waals surface area contributed by atoms with E-state index < -0.39 is 25.0 Å². The minimum Gasteiger partial charge on any atom is -0.489 e. The van der Waals surface area contributed by atoms with Crippen molar-refractivity contribution < 1.29 is 46.1 Å². The molecule has 5 rings (SSSR count). The van der Waals surface area contributed by atoms with Crippen molar-refractivity contribution in [1.29, 1.82) is 0 Å². The first-order valence-corrected chi connectivity index (χ1v) is 14.0. The Morgan fingerprint density at radius 3 is 1.53 bits per heavy atom. The van der Waals surface area contributed by atoms with Gasteiger partial charge in [0.15, 0.2) is 23.0 Å². The number of pyridine rings is 1. The van der Waals surface area contributed by atoms with Crippen molar-refractivity contribution in [2.45, 2.75) is 38.9 Å². The SMILES string of the molecule is O=C(c1ccc(OC(F)F)c(OCC2CC2)c1)N(C(=O)c1ccc(OC(F)F)c(OCC2CC2)c1)c1c(Cl)cncc1Cl. The normalized spacial score (nSPS) is 14.5. The van der Waals surface area contributed by atoms with Crippen LogP contribution in [0.25, 0.3) is 0 Å². The third kappa shape index (κ3) is 7.80. The zero-order valence-electron chi connectivity index (χ0n) is 22.3. The quantitative estimate of drug-likeness (QED) is 0.140. The highest BCUT2D eigenvalue weighted by atomic mass is 35.5. The van der Waals surface area contributed by atoms with E-state index in [0.717, 1.165) is 37.8 Å². The standard InChI is InChI=1S/C29H24Cl2F4N2O6/c30-19-11-36-12-20(31)25(19)37(26(38)17-5-7-21(42-28(32)33)23(9-17)40-13-15-1-2-15)27(39)18-6-8-22(43-29(34)35)24(10-18)41-14-16-3-4-16/h5-12,15-16,28-29H,1-4,13-14H2. The summed E-state index contributed by atoms with van der Waals surface area (Å²) in [5.41, 5.74) is -0.504. The van der Waals surface area contributed by atoms with Crippen molar-refractivity contribution in [2.75, 3.05) is 18.1 Å². The molecule has 0 radical (unpaired) electrons. The fraction of sp³-hybridized carbons (Fsp3) is 0.345. The molecule has 1 aromatic heterocycles. The van der Waals surface area contributed by atoms with Crippen LogP contribution in [0, 0.1) is 11.8 Å². The third-order valence-electron chi connectivity index (χ3n) is 6.61. The van der Waals surface area contributed by atoms with Gasteiger partial charge in [-0.3, -0.25) is 14.6 Å². The number of imide groups is 1. The maximum atomic E-state index is 14.0. The molecule has 0 bridgehead atoms. The first-order chi connectivity index (χ1) is 20.6. The lowest BCUT2D eigenvalue weighted by Gasteiger charge is -2.24. The van der Waals surface area contributed by atoms with E-state index >= 15 is 0 Å². The van der Waals surface area contributed by atoms with E-state index in [1.165, 1.54) is 36.7 Å². The van der Waals surface area contributed by atoms with Crippen molar-refractivity contribution in [2.24, 2.45) is 11.8 Å². The molecule has 0 saturated heterocycles. The van der Waals surface area contributed by atoms with E-state index in [1.807, 2.05) is 0 Å². The number of amides is 2. The van der Waals surface area contributed by atoms with Crippen LogP contribution in [0.4, 0.5) is 23.2 Å². The van der Waals surface area contributed by atoms with E-state index in [4.69, 9.17) is 32.7 Å². The molecule has 0 aliphatic heterocycles. The molecule has 2 aliphatic carbocycles. The number of rotatable bonds is 13. The van der Waals surface area contributed by atoms with Gasteiger partial charge in [0.05, 0.1) is 28.9 Å². The largest absolute Gasteiger partial charge is 0.489 e. The molecule has 2 aliphatic rings. The van der Waals surface area contributed by atoms with Crippen LogP contribution < -0.4 is 23.8 Å². The number of nitrogens with zero attached hydrogens (tertiary/aromatic N) is 2. The summed E-state index contributed by atoms with van der Waals surface area (Å²) >= 11 is 12.7. The lowest BCUT2D eigenvalue weighted by Crippen LogP contribution is -2.37. The molecule has 0 unspecified atom stereocenters. The minimum atomic E-state index is -3.15. The Labute approximate surface area is 253 Å². The van der Waals surface area contributed by atoms with Crippen LogP contribution in [-0.2, 0) is 0 Å². The predicted octanol–water partition coefficient (Wildman–Crippen LogP) is 7.66. The van der Waals surface area contributed by atoms with E-state index in [0.29, 0.717) is 4.90 Å². The van der Waals surface area contributed by atoms with Gasteiger partial charge in [0.1, 0.15) is 0 Å². The molecule has 1 heterocycles. The van der Waals surface area contributed by atoms with Gasteiger partial charge < -0.3 is 18.9 Å². The predicted molar refractivity (Wildman–Crippen MR) is 148 cm³/mol. The smallest absolute Gasteiger partial charge is 0.387 e. The molecular formula is C29H24Cl2F4N2O6. The van der Waals surface area contributed by atoms with E-state index in [1.54, 1.807) is 0 Å². The van der Waals surface area contributed by atoms with Gasteiger partial charge in [-0.05, 0) is 73.9 Å². The highest BCUT2D eigenvalue weighted by Gasteiger charge is 2.32. The zero-order chi connectivity index (χ0) is 30.7. The molecule has 2 fully saturated rings. The van der Waals surface area contributed by atoms with Crippen LogP contribution in [0.1, 0.15) is 46.4 Å². The van der Waals surface area contributed by atoms with Crippen molar-refractivity contribution >= 4 is 40.7 Å². The molecule has 0 spiro atoms. The van der Waals surface area contributed by atoms with E-state index in [9.17, 15) is 27.2 Å². The summed E-state index contributed by atoms with van der Waals surface area (Å²) in [6.07, 6.45) is 6.00. The molecule has 3 aromatic rings. The number of carbonyl (C=O) groups is 2. The molecule has 2 amide bonds. The number of anilines is 1. The number of hydrogen-bond donors (Lipinski definition) is 0. The van der Waals surface area contributed by atoms with E-state index in [-0.39, 0.29) is 74.9 Å². The van der Waals surface area contributed by atoms with Gasteiger partial charge in [0.25, 0.3) is 11.8 Å². The molecule has 228 valence electrons. The Balaban J connectivity index is 1.54. The average Bonchev–Trinajstić information content (AvgIpc) is 3.89. The van der Waals surface area contributed by atoms with Crippen molar-refractivity contribution in [3.05, 3.63) is 70.0 Å². The summed E-state index contributed by atoms with van der Waals surface area (Å²) in [6.45, 7) is -5.85. The highest BCUT2D eigenvalue weighted by Crippen LogP contribution is 2.39. The molecular weight excluding hydrogens is 619 g/mol. The van der Waals surface area contributed by atoms with Crippen molar-refractivity contribution in [3.8, 4) is 23.0 Å². The van der Waals surface area contributed by atoms with Gasteiger partial charge in [-0.15, -0.1) is 0 Å². The van der Waals surface area contributed by atoms with Crippen molar-refractivity contribution in [3.63, 3.8) is 0 Å². The van der Waals surface area contributed by atoms with Crippen LogP contribution in [0.15, 0.2) is 48.8 Å². The molecule has 8 nitrogen and oxygen atoms in total. The average molecular weight is 643 g/mol.